The van der Waals surface area contributed by atoms with E-state index in [2.05, 4.69) is 5.32 Å². The molecule has 1 aromatic carbocycles. The van der Waals surface area contributed by atoms with Crippen LogP contribution in [0.2, 0.25) is 0 Å². The molecule has 2 rings (SSSR count). The average Bonchev–Trinajstić information content (AvgIpc) is 3.16. The summed E-state index contributed by atoms with van der Waals surface area (Å²) in [5.74, 6) is -1.44. The molecule has 2 amide bonds. The maximum atomic E-state index is 12.5. The van der Waals surface area contributed by atoms with Crippen LogP contribution in [0.3, 0.4) is 0 Å². The smallest absolute Gasteiger partial charge is 0.329 e. The molecule has 0 bridgehead atoms. The SMILES string of the molecule is Cc1cccc(C(=O)N[C@H](C(=O)OCC(=O)N(C)Cc2ccsc2)C(C)C)c1. The number of hydrogen-bond donors (Lipinski definition) is 1. The summed E-state index contributed by atoms with van der Waals surface area (Å²) in [7, 11) is 1.66. The number of nitrogens with one attached hydrogen (secondary N) is 1. The Labute approximate surface area is 169 Å². The molecule has 0 radical (unpaired) electrons. The summed E-state index contributed by atoms with van der Waals surface area (Å²) in [6.45, 7) is 5.61. The van der Waals surface area contributed by atoms with Gasteiger partial charge in [-0.25, -0.2) is 4.79 Å². The van der Waals surface area contributed by atoms with Crippen LogP contribution in [0.1, 0.15) is 35.3 Å². The third kappa shape index (κ3) is 6.20. The minimum absolute atomic E-state index is 0.181. The summed E-state index contributed by atoms with van der Waals surface area (Å²) in [5.41, 5.74) is 2.46. The second-order valence-electron chi connectivity index (χ2n) is 7.05. The maximum absolute atomic E-state index is 12.5. The van der Waals surface area contributed by atoms with E-state index in [-0.39, 0.29) is 24.3 Å². The van der Waals surface area contributed by atoms with Gasteiger partial charge in [0.15, 0.2) is 6.61 Å². The van der Waals surface area contributed by atoms with Crippen molar-refractivity contribution >= 4 is 29.1 Å². The number of ether oxygens (including phenoxy) is 1. The minimum atomic E-state index is -0.831. The lowest BCUT2D eigenvalue weighted by Crippen LogP contribution is -2.46. The van der Waals surface area contributed by atoms with E-state index in [0.717, 1.165) is 11.1 Å². The fourth-order valence-electron chi connectivity index (χ4n) is 2.59. The number of likely N-dealkylation sites (N-methyl/N-ethyl adjacent to an activating group) is 1. The molecular formula is C21H26N2O4S. The lowest BCUT2D eigenvalue weighted by atomic mass is 10.0. The van der Waals surface area contributed by atoms with Gasteiger partial charge in [0.2, 0.25) is 0 Å². The molecule has 0 saturated heterocycles. The number of amides is 2. The van der Waals surface area contributed by atoms with Crippen molar-refractivity contribution in [3.05, 3.63) is 57.8 Å². The quantitative estimate of drug-likeness (QED) is 0.689. The van der Waals surface area contributed by atoms with E-state index < -0.39 is 12.0 Å². The molecule has 1 aromatic heterocycles. The molecule has 0 fully saturated rings. The van der Waals surface area contributed by atoms with E-state index in [0.29, 0.717) is 12.1 Å². The highest BCUT2D eigenvalue weighted by Crippen LogP contribution is 2.10. The van der Waals surface area contributed by atoms with E-state index >= 15 is 0 Å². The van der Waals surface area contributed by atoms with Crippen LogP contribution in [0, 0.1) is 12.8 Å². The second-order valence-corrected chi connectivity index (χ2v) is 7.83. The van der Waals surface area contributed by atoms with Gasteiger partial charge in [0.05, 0.1) is 0 Å². The Hall–Kier alpha value is -2.67. The number of carbonyl (C=O) groups excluding carboxylic acids is 3. The number of hydrogen-bond acceptors (Lipinski definition) is 5. The lowest BCUT2D eigenvalue weighted by Gasteiger charge is -2.22. The fourth-order valence-corrected chi connectivity index (χ4v) is 3.25. The van der Waals surface area contributed by atoms with Gasteiger partial charge in [0, 0.05) is 19.2 Å². The number of esters is 1. The van der Waals surface area contributed by atoms with E-state index in [4.69, 9.17) is 4.74 Å². The van der Waals surface area contributed by atoms with Gasteiger partial charge in [-0.05, 0) is 47.4 Å². The first-order chi connectivity index (χ1) is 13.3. The van der Waals surface area contributed by atoms with Crippen LogP contribution in [0.5, 0.6) is 0 Å². The van der Waals surface area contributed by atoms with E-state index in [1.165, 1.54) is 4.90 Å². The summed E-state index contributed by atoms with van der Waals surface area (Å²) in [6, 6.07) is 8.23. The van der Waals surface area contributed by atoms with Crippen LogP contribution in [0.25, 0.3) is 0 Å². The molecule has 0 spiro atoms. The van der Waals surface area contributed by atoms with Gasteiger partial charge < -0.3 is 15.0 Å². The van der Waals surface area contributed by atoms with Crippen LogP contribution < -0.4 is 5.32 Å². The summed E-state index contributed by atoms with van der Waals surface area (Å²) in [6.07, 6.45) is 0. The molecule has 0 unspecified atom stereocenters. The lowest BCUT2D eigenvalue weighted by molar-refractivity contribution is -0.154. The first-order valence-corrected chi connectivity index (χ1v) is 10.0. The third-order valence-corrected chi connectivity index (χ3v) is 4.98. The molecule has 7 heteroatoms. The number of aryl methyl sites for hydroxylation is 1. The van der Waals surface area contributed by atoms with Crippen molar-refractivity contribution in [2.24, 2.45) is 5.92 Å². The Morgan fingerprint density at radius 3 is 2.57 bits per heavy atom. The van der Waals surface area contributed by atoms with E-state index in [1.807, 2.05) is 43.7 Å². The van der Waals surface area contributed by atoms with Crippen LogP contribution in [-0.4, -0.2) is 42.4 Å². The van der Waals surface area contributed by atoms with Gasteiger partial charge in [-0.2, -0.15) is 11.3 Å². The molecule has 0 saturated carbocycles. The third-order valence-electron chi connectivity index (χ3n) is 4.25. The monoisotopic (exact) mass is 402 g/mol. The molecule has 1 atom stereocenters. The molecule has 2 aromatic rings. The summed E-state index contributed by atoms with van der Waals surface area (Å²) in [4.78, 5) is 38.6. The zero-order valence-electron chi connectivity index (χ0n) is 16.6. The maximum Gasteiger partial charge on any atom is 0.329 e. The zero-order chi connectivity index (χ0) is 20.7. The largest absolute Gasteiger partial charge is 0.454 e. The van der Waals surface area contributed by atoms with Crippen molar-refractivity contribution in [2.75, 3.05) is 13.7 Å². The standard InChI is InChI=1S/C21H26N2O4S/c1-14(2)19(22-20(25)17-7-5-6-15(3)10-17)21(26)27-12-18(24)23(4)11-16-8-9-28-13-16/h5-10,13-14,19H,11-12H2,1-4H3,(H,22,25)/t19-/m0/s1. The predicted octanol–water partition coefficient (Wildman–Crippen LogP) is 3.01. The minimum Gasteiger partial charge on any atom is -0.454 e. The number of nitrogens with zero attached hydrogens (tertiary/aromatic N) is 1. The highest BCUT2D eigenvalue weighted by molar-refractivity contribution is 7.07. The average molecular weight is 403 g/mol. The highest BCUT2D eigenvalue weighted by Gasteiger charge is 2.27. The summed E-state index contributed by atoms with van der Waals surface area (Å²) >= 11 is 1.56. The Morgan fingerprint density at radius 1 is 1.21 bits per heavy atom. The van der Waals surface area contributed by atoms with Crippen molar-refractivity contribution in [1.82, 2.24) is 10.2 Å². The normalized spacial score (nSPS) is 11.8. The fraction of sp³-hybridized carbons (Fsp3) is 0.381. The molecule has 6 nitrogen and oxygen atoms in total. The molecule has 28 heavy (non-hydrogen) atoms. The Morgan fingerprint density at radius 2 is 1.96 bits per heavy atom. The summed E-state index contributed by atoms with van der Waals surface area (Å²) < 4.78 is 5.19. The molecule has 0 aliphatic heterocycles. The van der Waals surface area contributed by atoms with Crippen molar-refractivity contribution in [2.45, 2.75) is 33.4 Å². The molecule has 1 heterocycles. The van der Waals surface area contributed by atoms with Crippen LogP contribution >= 0.6 is 11.3 Å². The zero-order valence-corrected chi connectivity index (χ0v) is 17.4. The van der Waals surface area contributed by atoms with E-state index in [1.54, 1.807) is 36.6 Å². The van der Waals surface area contributed by atoms with Crippen molar-refractivity contribution < 1.29 is 19.1 Å². The molecule has 0 aliphatic rings. The van der Waals surface area contributed by atoms with Gasteiger partial charge in [-0.15, -0.1) is 0 Å². The van der Waals surface area contributed by atoms with Crippen molar-refractivity contribution in [3.8, 4) is 0 Å². The number of benzene rings is 1. The highest BCUT2D eigenvalue weighted by atomic mass is 32.1. The first-order valence-electron chi connectivity index (χ1n) is 9.07. The van der Waals surface area contributed by atoms with Crippen molar-refractivity contribution in [1.29, 1.82) is 0 Å². The van der Waals surface area contributed by atoms with Gasteiger partial charge in [-0.1, -0.05) is 31.5 Å². The predicted molar refractivity (Wildman–Crippen MR) is 109 cm³/mol. The molecule has 1 N–H and O–H groups in total. The van der Waals surface area contributed by atoms with Gasteiger partial charge in [0.25, 0.3) is 11.8 Å². The summed E-state index contributed by atoms with van der Waals surface area (Å²) in [5, 5.41) is 6.62. The van der Waals surface area contributed by atoms with Gasteiger partial charge in [-0.3, -0.25) is 9.59 Å². The van der Waals surface area contributed by atoms with E-state index in [9.17, 15) is 14.4 Å². The number of thiophene rings is 1. The van der Waals surface area contributed by atoms with Gasteiger partial charge >= 0.3 is 5.97 Å². The first kappa shape index (κ1) is 21.6. The van der Waals surface area contributed by atoms with Gasteiger partial charge in [0.1, 0.15) is 6.04 Å². The molecule has 150 valence electrons. The Kier molecular flexibility index (Phi) is 7.75. The van der Waals surface area contributed by atoms with Crippen LogP contribution in [0.4, 0.5) is 0 Å². The Bertz CT molecular complexity index is 818. The second kappa shape index (κ2) is 10.0. The van der Waals surface area contributed by atoms with Crippen molar-refractivity contribution in [3.63, 3.8) is 0 Å². The Balaban J connectivity index is 1.91. The molecular weight excluding hydrogens is 376 g/mol. The van der Waals surface area contributed by atoms with Crippen LogP contribution in [0.15, 0.2) is 41.1 Å². The number of rotatable bonds is 8. The van der Waals surface area contributed by atoms with Crippen LogP contribution in [-0.2, 0) is 20.9 Å². The molecule has 0 aliphatic carbocycles. The number of carbonyl (C=O) groups is 3. The topological polar surface area (TPSA) is 75.7 Å².